The standard InChI is InChI=1S/C24H32N4O2/c1-2-3-4-8-11-20-14-15-21(12-9-6-5-7-10-13-22(29)30)24(18-27,19-28)23(20,16-25)17-26/h14-15,20-21H,2-13H2,1H3,(H,29,30)/t20-,21-/m0/s1. The first kappa shape index (κ1) is 25.2. The van der Waals surface area contributed by atoms with Crippen LogP contribution in [0, 0.1) is 68.0 Å². The van der Waals surface area contributed by atoms with Gasteiger partial charge < -0.3 is 5.11 Å². The van der Waals surface area contributed by atoms with Crippen LogP contribution in [0.1, 0.15) is 84.0 Å². The van der Waals surface area contributed by atoms with E-state index in [-0.39, 0.29) is 6.42 Å². The summed E-state index contributed by atoms with van der Waals surface area (Å²) < 4.78 is 0. The molecule has 0 bridgehead atoms. The van der Waals surface area contributed by atoms with Gasteiger partial charge in [-0.2, -0.15) is 21.0 Å². The van der Waals surface area contributed by atoms with Gasteiger partial charge in [0.25, 0.3) is 0 Å². The molecular weight excluding hydrogens is 376 g/mol. The van der Waals surface area contributed by atoms with E-state index < -0.39 is 28.6 Å². The van der Waals surface area contributed by atoms with Crippen LogP contribution < -0.4 is 0 Å². The van der Waals surface area contributed by atoms with E-state index in [4.69, 9.17) is 5.11 Å². The van der Waals surface area contributed by atoms with E-state index in [2.05, 4.69) is 31.2 Å². The molecular formula is C24H32N4O2. The molecule has 0 amide bonds. The van der Waals surface area contributed by atoms with Gasteiger partial charge in [-0.15, -0.1) is 0 Å². The quantitative estimate of drug-likeness (QED) is 0.309. The number of carbonyl (C=O) groups is 1. The van der Waals surface area contributed by atoms with Gasteiger partial charge >= 0.3 is 5.97 Å². The summed E-state index contributed by atoms with van der Waals surface area (Å²) in [5.74, 6) is -1.67. The summed E-state index contributed by atoms with van der Waals surface area (Å²) in [5, 5.41) is 48.6. The molecule has 0 aromatic rings. The highest BCUT2D eigenvalue weighted by Crippen LogP contribution is 2.55. The normalized spacial score (nSPS) is 21.0. The largest absolute Gasteiger partial charge is 0.481 e. The van der Waals surface area contributed by atoms with E-state index in [0.717, 1.165) is 51.4 Å². The van der Waals surface area contributed by atoms with Crippen molar-refractivity contribution in [3.8, 4) is 24.3 Å². The molecule has 6 heteroatoms. The number of hydrogen-bond acceptors (Lipinski definition) is 5. The maximum Gasteiger partial charge on any atom is 0.303 e. The highest BCUT2D eigenvalue weighted by molar-refractivity contribution is 5.66. The number of carboxylic acids is 1. The molecule has 1 N–H and O–H groups in total. The van der Waals surface area contributed by atoms with Crippen LogP contribution in [0.3, 0.4) is 0 Å². The zero-order valence-electron chi connectivity index (χ0n) is 17.9. The molecule has 30 heavy (non-hydrogen) atoms. The third kappa shape index (κ3) is 5.62. The number of nitriles is 4. The summed E-state index contributed by atoms with van der Waals surface area (Å²) in [4.78, 5) is 10.6. The number of aliphatic carboxylic acids is 1. The second kappa shape index (κ2) is 12.7. The maximum atomic E-state index is 10.6. The third-order valence-electron chi connectivity index (χ3n) is 6.29. The van der Waals surface area contributed by atoms with Gasteiger partial charge in [-0.05, 0) is 19.3 Å². The summed E-state index contributed by atoms with van der Waals surface area (Å²) in [6, 6.07) is 8.38. The van der Waals surface area contributed by atoms with E-state index >= 15 is 0 Å². The molecule has 1 aliphatic carbocycles. The zero-order valence-corrected chi connectivity index (χ0v) is 17.9. The van der Waals surface area contributed by atoms with Gasteiger partial charge in [-0.25, -0.2) is 0 Å². The lowest BCUT2D eigenvalue weighted by Gasteiger charge is -2.43. The average Bonchev–Trinajstić information content (AvgIpc) is 2.75. The molecule has 0 radical (unpaired) electrons. The van der Waals surface area contributed by atoms with Crippen molar-refractivity contribution >= 4 is 5.97 Å². The second-order valence-electron chi connectivity index (χ2n) is 8.21. The first-order chi connectivity index (χ1) is 14.5. The number of rotatable bonds is 13. The number of allylic oxidation sites excluding steroid dienone is 2. The Morgan fingerprint density at radius 3 is 1.57 bits per heavy atom. The Labute approximate surface area is 180 Å². The molecule has 1 rings (SSSR count). The van der Waals surface area contributed by atoms with Crippen LogP contribution >= 0.6 is 0 Å². The molecule has 160 valence electrons. The molecule has 0 aromatic heterocycles. The van der Waals surface area contributed by atoms with Crippen molar-refractivity contribution in [3.63, 3.8) is 0 Å². The smallest absolute Gasteiger partial charge is 0.303 e. The Bertz CT molecular complexity index is 732. The van der Waals surface area contributed by atoms with Crippen LogP contribution in [0.25, 0.3) is 0 Å². The average molecular weight is 409 g/mol. The molecule has 2 atom stereocenters. The van der Waals surface area contributed by atoms with Crippen molar-refractivity contribution in [2.45, 2.75) is 84.0 Å². The SMILES string of the molecule is CCCCCC[C@H]1C=C[C@H](CCCCCCCC(=O)O)C(C#N)(C#N)C1(C#N)C#N. The highest BCUT2D eigenvalue weighted by Gasteiger charge is 2.63. The molecule has 6 nitrogen and oxygen atoms in total. The van der Waals surface area contributed by atoms with E-state index in [9.17, 15) is 25.8 Å². The topological polar surface area (TPSA) is 132 Å². The van der Waals surface area contributed by atoms with Gasteiger partial charge in [0.1, 0.15) is 0 Å². The van der Waals surface area contributed by atoms with Crippen LogP contribution in [0.5, 0.6) is 0 Å². The summed E-state index contributed by atoms with van der Waals surface area (Å²) in [5.41, 5.74) is -3.34. The number of nitrogens with zero attached hydrogens (tertiary/aromatic N) is 4. The third-order valence-corrected chi connectivity index (χ3v) is 6.29. The molecule has 0 saturated heterocycles. The van der Waals surface area contributed by atoms with Crippen LogP contribution in [0.15, 0.2) is 12.2 Å². The van der Waals surface area contributed by atoms with Crippen LogP contribution in [-0.4, -0.2) is 11.1 Å². The minimum absolute atomic E-state index is 0.170. The molecule has 0 saturated carbocycles. The van der Waals surface area contributed by atoms with Gasteiger partial charge in [0, 0.05) is 18.3 Å². The lowest BCUT2D eigenvalue weighted by molar-refractivity contribution is -0.137. The summed E-state index contributed by atoms with van der Waals surface area (Å²) >= 11 is 0. The second-order valence-corrected chi connectivity index (χ2v) is 8.21. The molecule has 0 unspecified atom stereocenters. The molecule has 0 aliphatic heterocycles. The van der Waals surface area contributed by atoms with Crippen molar-refractivity contribution in [1.82, 2.24) is 0 Å². The minimum Gasteiger partial charge on any atom is -0.481 e. The predicted octanol–water partition coefficient (Wildman–Crippen LogP) is 5.64. The Hall–Kier alpha value is -2.83. The highest BCUT2D eigenvalue weighted by atomic mass is 16.4. The summed E-state index contributed by atoms with van der Waals surface area (Å²) in [6.07, 6.45) is 13.2. The molecule has 0 spiro atoms. The van der Waals surface area contributed by atoms with Crippen LogP contribution in [0.2, 0.25) is 0 Å². The van der Waals surface area contributed by atoms with Gasteiger partial charge in [0.05, 0.1) is 24.3 Å². The maximum absolute atomic E-state index is 10.6. The lowest BCUT2D eigenvalue weighted by Crippen LogP contribution is -2.50. The van der Waals surface area contributed by atoms with E-state index in [0.29, 0.717) is 19.3 Å². The van der Waals surface area contributed by atoms with Gasteiger partial charge in [-0.1, -0.05) is 70.4 Å². The first-order valence-corrected chi connectivity index (χ1v) is 11.0. The van der Waals surface area contributed by atoms with Gasteiger partial charge in [-0.3, -0.25) is 4.79 Å². The molecule has 0 aromatic carbocycles. The van der Waals surface area contributed by atoms with Crippen molar-refractivity contribution in [3.05, 3.63) is 12.2 Å². The fourth-order valence-electron chi connectivity index (χ4n) is 4.46. The van der Waals surface area contributed by atoms with Gasteiger partial charge in [0.15, 0.2) is 10.8 Å². The van der Waals surface area contributed by atoms with Crippen molar-refractivity contribution < 1.29 is 9.90 Å². The van der Waals surface area contributed by atoms with Crippen LogP contribution in [0.4, 0.5) is 0 Å². The Kier molecular flexibility index (Phi) is 10.6. The van der Waals surface area contributed by atoms with Crippen LogP contribution in [-0.2, 0) is 4.79 Å². The fraction of sp³-hybridized carbons (Fsp3) is 0.708. The van der Waals surface area contributed by atoms with Gasteiger partial charge in [0.2, 0.25) is 0 Å². The monoisotopic (exact) mass is 408 g/mol. The van der Waals surface area contributed by atoms with Crippen molar-refractivity contribution in [1.29, 1.82) is 21.0 Å². The first-order valence-electron chi connectivity index (χ1n) is 11.0. The Morgan fingerprint density at radius 2 is 1.17 bits per heavy atom. The Balaban J connectivity index is 2.89. The molecule has 0 fully saturated rings. The van der Waals surface area contributed by atoms with Crippen molar-refractivity contribution in [2.24, 2.45) is 22.7 Å². The summed E-state index contributed by atoms with van der Waals surface area (Å²) in [6.45, 7) is 2.11. The fourth-order valence-corrected chi connectivity index (χ4v) is 4.46. The molecule has 1 aliphatic rings. The molecule has 0 heterocycles. The Morgan fingerprint density at radius 1 is 0.767 bits per heavy atom. The predicted molar refractivity (Wildman–Crippen MR) is 112 cm³/mol. The number of carboxylic acid groups (broad SMARTS) is 1. The minimum atomic E-state index is -1.68. The lowest BCUT2D eigenvalue weighted by atomic mass is 9.50. The van der Waals surface area contributed by atoms with E-state index in [1.54, 1.807) is 0 Å². The number of hydrogen-bond donors (Lipinski definition) is 1. The van der Waals surface area contributed by atoms with E-state index in [1.165, 1.54) is 0 Å². The number of unbranched alkanes of at least 4 members (excludes halogenated alkanes) is 7. The summed E-state index contributed by atoms with van der Waals surface area (Å²) in [7, 11) is 0. The van der Waals surface area contributed by atoms with Crippen molar-refractivity contribution in [2.75, 3.05) is 0 Å². The zero-order chi connectivity index (χ0) is 22.5. The van der Waals surface area contributed by atoms with E-state index in [1.807, 2.05) is 12.2 Å².